The first-order valence-corrected chi connectivity index (χ1v) is 6.32. The Labute approximate surface area is 109 Å². The standard InChI is InChI=1S/C14H14F2N2O/c15-9-6-11-13(18-10-2-1-5-19-8-10)3-4-17-14(11)12(16)7-9/h3-4,6-7,10H,1-2,5,8H2,(H,17,18). The maximum Gasteiger partial charge on any atom is 0.152 e. The molecule has 0 aliphatic carbocycles. The van der Waals surface area contributed by atoms with E-state index in [-0.39, 0.29) is 11.6 Å². The van der Waals surface area contributed by atoms with Gasteiger partial charge in [0.2, 0.25) is 0 Å². The Balaban J connectivity index is 1.98. The number of nitrogens with one attached hydrogen (secondary N) is 1. The molecular weight excluding hydrogens is 250 g/mol. The van der Waals surface area contributed by atoms with E-state index in [0.717, 1.165) is 25.5 Å². The summed E-state index contributed by atoms with van der Waals surface area (Å²) in [5.41, 5.74) is 0.877. The highest BCUT2D eigenvalue weighted by Crippen LogP contribution is 2.26. The van der Waals surface area contributed by atoms with Crippen molar-refractivity contribution in [3.05, 3.63) is 36.0 Å². The lowest BCUT2D eigenvalue weighted by atomic mass is 10.1. The molecule has 0 saturated carbocycles. The predicted octanol–water partition coefficient (Wildman–Crippen LogP) is 3.10. The number of pyridine rings is 1. The van der Waals surface area contributed by atoms with E-state index in [2.05, 4.69) is 10.3 Å². The first-order chi connectivity index (χ1) is 9.24. The summed E-state index contributed by atoms with van der Waals surface area (Å²) in [6.07, 6.45) is 3.50. The van der Waals surface area contributed by atoms with Gasteiger partial charge in [0.25, 0.3) is 0 Å². The fourth-order valence-electron chi connectivity index (χ4n) is 2.38. The maximum absolute atomic E-state index is 13.7. The second-order valence-corrected chi connectivity index (χ2v) is 4.70. The molecule has 1 atom stereocenters. The summed E-state index contributed by atoms with van der Waals surface area (Å²) in [5.74, 6) is -1.24. The summed E-state index contributed by atoms with van der Waals surface area (Å²) in [6.45, 7) is 1.39. The highest BCUT2D eigenvalue weighted by Gasteiger charge is 2.16. The number of benzene rings is 1. The molecule has 2 heterocycles. The molecule has 2 aromatic rings. The van der Waals surface area contributed by atoms with Crippen molar-refractivity contribution >= 4 is 16.6 Å². The van der Waals surface area contributed by atoms with Gasteiger partial charge in [-0.15, -0.1) is 0 Å². The zero-order valence-electron chi connectivity index (χ0n) is 10.3. The van der Waals surface area contributed by atoms with E-state index in [4.69, 9.17) is 4.74 Å². The molecule has 1 unspecified atom stereocenters. The van der Waals surface area contributed by atoms with Crippen molar-refractivity contribution in [3.63, 3.8) is 0 Å². The highest BCUT2D eigenvalue weighted by atomic mass is 19.1. The minimum atomic E-state index is -0.640. The highest BCUT2D eigenvalue weighted by molar-refractivity contribution is 5.91. The summed E-state index contributed by atoms with van der Waals surface area (Å²) in [6, 6.07) is 4.06. The zero-order valence-corrected chi connectivity index (χ0v) is 10.3. The van der Waals surface area contributed by atoms with Crippen LogP contribution < -0.4 is 5.32 Å². The first-order valence-electron chi connectivity index (χ1n) is 6.32. The van der Waals surface area contributed by atoms with E-state index >= 15 is 0 Å². The SMILES string of the molecule is Fc1cc(F)c2nccc(NC3CCCOC3)c2c1. The van der Waals surface area contributed by atoms with Crippen molar-refractivity contribution in [1.82, 2.24) is 4.98 Å². The number of hydrogen-bond acceptors (Lipinski definition) is 3. The number of aromatic nitrogens is 1. The summed E-state index contributed by atoms with van der Waals surface area (Å²) >= 11 is 0. The van der Waals surface area contributed by atoms with E-state index in [1.54, 1.807) is 6.07 Å². The number of ether oxygens (including phenoxy) is 1. The van der Waals surface area contributed by atoms with Crippen LogP contribution in [0.1, 0.15) is 12.8 Å². The zero-order chi connectivity index (χ0) is 13.2. The summed E-state index contributed by atoms with van der Waals surface area (Å²) in [7, 11) is 0. The monoisotopic (exact) mass is 264 g/mol. The van der Waals surface area contributed by atoms with Crippen LogP contribution in [0.5, 0.6) is 0 Å². The van der Waals surface area contributed by atoms with Crippen LogP contribution in [0.25, 0.3) is 10.9 Å². The second kappa shape index (κ2) is 5.09. The Morgan fingerprint density at radius 3 is 3.00 bits per heavy atom. The molecule has 1 fully saturated rings. The van der Waals surface area contributed by atoms with Gasteiger partial charge in [0.05, 0.1) is 6.61 Å². The van der Waals surface area contributed by atoms with Gasteiger partial charge in [-0.05, 0) is 25.0 Å². The van der Waals surface area contributed by atoms with Gasteiger partial charge in [-0.2, -0.15) is 0 Å². The molecule has 0 amide bonds. The van der Waals surface area contributed by atoms with Crippen molar-refractivity contribution in [2.75, 3.05) is 18.5 Å². The molecule has 100 valence electrons. The molecule has 3 rings (SSSR count). The van der Waals surface area contributed by atoms with Gasteiger partial charge >= 0.3 is 0 Å². The Bertz CT molecular complexity index is 597. The van der Waals surface area contributed by atoms with Gasteiger partial charge in [0.15, 0.2) is 5.82 Å². The average molecular weight is 264 g/mol. The van der Waals surface area contributed by atoms with Crippen molar-refractivity contribution in [2.45, 2.75) is 18.9 Å². The van der Waals surface area contributed by atoms with Gasteiger partial charge in [-0.25, -0.2) is 8.78 Å². The van der Waals surface area contributed by atoms with Crippen LogP contribution in [-0.2, 0) is 4.74 Å². The van der Waals surface area contributed by atoms with Gasteiger partial charge in [0.1, 0.15) is 11.3 Å². The molecule has 3 nitrogen and oxygen atoms in total. The van der Waals surface area contributed by atoms with Crippen LogP contribution in [0.2, 0.25) is 0 Å². The number of nitrogens with zero attached hydrogens (tertiary/aromatic N) is 1. The largest absolute Gasteiger partial charge is 0.379 e. The van der Waals surface area contributed by atoms with E-state index in [1.807, 2.05) is 0 Å². The van der Waals surface area contributed by atoms with Gasteiger partial charge in [0, 0.05) is 36.0 Å². The molecule has 0 bridgehead atoms. The average Bonchev–Trinajstić information content (AvgIpc) is 2.41. The van der Waals surface area contributed by atoms with Crippen molar-refractivity contribution in [3.8, 4) is 0 Å². The number of fused-ring (bicyclic) bond motifs is 1. The number of halogens is 2. The van der Waals surface area contributed by atoms with E-state index in [0.29, 0.717) is 17.7 Å². The Morgan fingerprint density at radius 2 is 2.21 bits per heavy atom. The molecule has 1 aliphatic heterocycles. The fraction of sp³-hybridized carbons (Fsp3) is 0.357. The van der Waals surface area contributed by atoms with Crippen LogP contribution in [0.3, 0.4) is 0 Å². The lowest BCUT2D eigenvalue weighted by Crippen LogP contribution is -2.30. The second-order valence-electron chi connectivity index (χ2n) is 4.70. The van der Waals surface area contributed by atoms with Gasteiger partial charge in [-0.1, -0.05) is 0 Å². The van der Waals surface area contributed by atoms with Crippen LogP contribution in [-0.4, -0.2) is 24.2 Å². The van der Waals surface area contributed by atoms with Crippen LogP contribution in [0.15, 0.2) is 24.4 Å². The predicted molar refractivity (Wildman–Crippen MR) is 69.1 cm³/mol. The molecule has 19 heavy (non-hydrogen) atoms. The Kier molecular flexibility index (Phi) is 3.29. The molecular formula is C14H14F2N2O. The summed E-state index contributed by atoms with van der Waals surface area (Å²) in [5, 5.41) is 3.74. The third-order valence-corrected chi connectivity index (χ3v) is 3.28. The first kappa shape index (κ1) is 12.3. The molecule has 5 heteroatoms. The minimum Gasteiger partial charge on any atom is -0.379 e. The molecule has 1 aromatic heterocycles. The minimum absolute atomic E-state index is 0.172. The quantitative estimate of drug-likeness (QED) is 0.905. The van der Waals surface area contributed by atoms with Crippen molar-refractivity contribution in [1.29, 1.82) is 0 Å². The maximum atomic E-state index is 13.7. The third-order valence-electron chi connectivity index (χ3n) is 3.28. The normalized spacial score (nSPS) is 19.6. The van der Waals surface area contributed by atoms with Crippen molar-refractivity contribution in [2.24, 2.45) is 0 Å². The molecule has 1 saturated heterocycles. The van der Waals surface area contributed by atoms with Crippen molar-refractivity contribution < 1.29 is 13.5 Å². The van der Waals surface area contributed by atoms with Crippen LogP contribution in [0.4, 0.5) is 14.5 Å². The van der Waals surface area contributed by atoms with E-state index in [9.17, 15) is 8.78 Å². The van der Waals surface area contributed by atoms with E-state index in [1.165, 1.54) is 12.3 Å². The molecule has 1 N–H and O–H groups in total. The van der Waals surface area contributed by atoms with Crippen LogP contribution in [0, 0.1) is 11.6 Å². The number of hydrogen-bond donors (Lipinski definition) is 1. The smallest absolute Gasteiger partial charge is 0.152 e. The Morgan fingerprint density at radius 1 is 1.32 bits per heavy atom. The van der Waals surface area contributed by atoms with Gasteiger partial charge < -0.3 is 10.1 Å². The van der Waals surface area contributed by atoms with E-state index < -0.39 is 11.6 Å². The van der Waals surface area contributed by atoms with Crippen LogP contribution >= 0.6 is 0 Å². The third kappa shape index (κ3) is 2.51. The molecule has 0 spiro atoms. The number of anilines is 1. The Hall–Kier alpha value is -1.75. The lowest BCUT2D eigenvalue weighted by Gasteiger charge is -2.24. The molecule has 1 aliphatic rings. The fourth-order valence-corrected chi connectivity index (χ4v) is 2.38. The molecule has 1 aromatic carbocycles. The lowest BCUT2D eigenvalue weighted by molar-refractivity contribution is 0.0876. The summed E-state index contributed by atoms with van der Waals surface area (Å²) < 4.78 is 32.4. The summed E-state index contributed by atoms with van der Waals surface area (Å²) in [4.78, 5) is 3.96. The topological polar surface area (TPSA) is 34.2 Å². The molecule has 0 radical (unpaired) electrons. The van der Waals surface area contributed by atoms with Gasteiger partial charge in [-0.3, -0.25) is 4.98 Å². The number of rotatable bonds is 2.